The molecule has 6 fully saturated rings. The van der Waals surface area contributed by atoms with Gasteiger partial charge in [-0.05, 0) is 99.8 Å². The fraction of sp³-hybridized carbons (Fsp3) is 1.00. The van der Waals surface area contributed by atoms with Gasteiger partial charge in [0.1, 0.15) is 6.17 Å². The van der Waals surface area contributed by atoms with Crippen molar-refractivity contribution >= 4 is 0 Å². The maximum atomic E-state index is 15.4. The molecule has 6 rings (SSSR count). The number of nitrogens with zero attached hydrogens (tertiary/aromatic N) is 2. The number of halogens is 1. The SMILES string of the molecule is CC[C@@]1(O)COCC2CN3CC4C(CC5CC(F)C(CCN)CC5N4C4CCC(C)(C)CC4)C3CC21. The first-order chi connectivity index (χ1) is 17.2. The summed E-state index contributed by atoms with van der Waals surface area (Å²) in [6.07, 6.45) is 10.1. The van der Waals surface area contributed by atoms with Crippen LogP contribution in [0, 0.1) is 35.0 Å². The normalized spacial score (nSPS) is 49.7. The molecule has 206 valence electrons. The molecule has 4 saturated heterocycles. The zero-order valence-corrected chi connectivity index (χ0v) is 23.1. The Morgan fingerprint density at radius 2 is 1.78 bits per heavy atom. The Morgan fingerprint density at radius 3 is 2.50 bits per heavy atom. The number of piperidine rings is 2. The molecule has 10 atom stereocenters. The minimum Gasteiger partial charge on any atom is -0.387 e. The molecule has 0 amide bonds. The predicted molar refractivity (Wildman–Crippen MR) is 141 cm³/mol. The Bertz CT molecular complexity index is 786. The van der Waals surface area contributed by atoms with Crippen LogP contribution in [0.3, 0.4) is 0 Å². The monoisotopic (exact) mass is 505 g/mol. The van der Waals surface area contributed by atoms with Gasteiger partial charge in [-0.15, -0.1) is 0 Å². The number of likely N-dealkylation sites (tertiary alicyclic amines) is 1. The fourth-order valence-electron chi connectivity index (χ4n) is 10.0. The molecular weight excluding hydrogens is 453 g/mol. The van der Waals surface area contributed by atoms with Crippen molar-refractivity contribution in [3.8, 4) is 0 Å². The number of rotatable bonds is 4. The van der Waals surface area contributed by atoms with Crippen LogP contribution in [0.5, 0.6) is 0 Å². The third kappa shape index (κ3) is 4.39. The molecule has 9 unspecified atom stereocenters. The highest BCUT2D eigenvalue weighted by Gasteiger charge is 2.59. The van der Waals surface area contributed by atoms with E-state index in [0.29, 0.717) is 66.4 Å². The Hall–Kier alpha value is -0.270. The molecule has 2 aliphatic carbocycles. The lowest BCUT2D eigenvalue weighted by atomic mass is 9.63. The van der Waals surface area contributed by atoms with Gasteiger partial charge in [0.15, 0.2) is 0 Å². The standard InChI is InChI=1S/C30H52FN3O2/c1-4-30(35)18-36-17-21-15-33-16-28-23(27(33)14-24(21)30)11-20-12-25(31)19(7-10-32)13-26(20)34(28)22-5-8-29(2,3)9-6-22/h19-28,35H,4-18,32H2,1-3H3/t19?,20?,21?,23?,24?,25?,26?,27?,28?,30-/m1/s1. The van der Waals surface area contributed by atoms with Gasteiger partial charge in [-0.25, -0.2) is 4.39 Å². The zero-order valence-electron chi connectivity index (χ0n) is 23.1. The van der Waals surface area contributed by atoms with E-state index in [9.17, 15) is 5.11 Å². The lowest BCUT2D eigenvalue weighted by molar-refractivity contribution is -0.178. The smallest absolute Gasteiger partial charge is 0.103 e. The molecular formula is C30H52FN3O2. The van der Waals surface area contributed by atoms with E-state index in [1.807, 2.05) is 0 Å². The Morgan fingerprint density at radius 1 is 1.00 bits per heavy atom. The molecule has 6 heteroatoms. The first kappa shape index (κ1) is 26.0. The molecule has 6 aliphatic rings. The van der Waals surface area contributed by atoms with Gasteiger partial charge in [0, 0.05) is 43.2 Å². The third-order valence-electron chi connectivity index (χ3n) is 12.1. The second kappa shape index (κ2) is 9.73. The van der Waals surface area contributed by atoms with E-state index in [1.54, 1.807) is 0 Å². The highest BCUT2D eigenvalue weighted by atomic mass is 19.1. The molecule has 4 aliphatic heterocycles. The van der Waals surface area contributed by atoms with Crippen LogP contribution in [0.2, 0.25) is 0 Å². The largest absolute Gasteiger partial charge is 0.387 e. The van der Waals surface area contributed by atoms with Crippen molar-refractivity contribution < 1.29 is 14.2 Å². The van der Waals surface area contributed by atoms with Crippen molar-refractivity contribution in [1.29, 1.82) is 0 Å². The lowest BCUT2D eigenvalue weighted by Crippen LogP contribution is -2.62. The number of hydrogen-bond donors (Lipinski definition) is 2. The Labute approximate surface area is 218 Å². The Balaban J connectivity index is 1.29. The summed E-state index contributed by atoms with van der Waals surface area (Å²) in [6.45, 7) is 11.1. The molecule has 3 N–H and O–H groups in total. The van der Waals surface area contributed by atoms with E-state index < -0.39 is 11.8 Å². The van der Waals surface area contributed by atoms with Crippen LogP contribution in [-0.2, 0) is 4.74 Å². The highest BCUT2D eigenvalue weighted by Crippen LogP contribution is 2.54. The van der Waals surface area contributed by atoms with E-state index in [1.165, 1.54) is 32.1 Å². The van der Waals surface area contributed by atoms with E-state index in [4.69, 9.17) is 10.5 Å². The van der Waals surface area contributed by atoms with Crippen LogP contribution in [-0.4, -0.2) is 83.7 Å². The van der Waals surface area contributed by atoms with Gasteiger partial charge < -0.3 is 15.6 Å². The summed E-state index contributed by atoms with van der Waals surface area (Å²) in [5, 5.41) is 11.5. The number of fused-ring (bicyclic) bond motifs is 5. The molecule has 2 saturated carbocycles. The van der Waals surface area contributed by atoms with Gasteiger partial charge in [0.05, 0.1) is 18.8 Å². The second-order valence-corrected chi connectivity index (χ2v) is 14.6. The van der Waals surface area contributed by atoms with Gasteiger partial charge in [0.2, 0.25) is 0 Å². The van der Waals surface area contributed by atoms with Crippen molar-refractivity contribution in [1.82, 2.24) is 9.80 Å². The maximum absolute atomic E-state index is 15.4. The lowest BCUT2D eigenvalue weighted by Gasteiger charge is -2.57. The molecule has 5 nitrogen and oxygen atoms in total. The number of nitrogens with two attached hydrogens (primary N) is 1. The second-order valence-electron chi connectivity index (χ2n) is 14.6. The summed E-state index contributed by atoms with van der Waals surface area (Å²) in [4.78, 5) is 5.77. The van der Waals surface area contributed by atoms with E-state index in [0.717, 1.165) is 51.8 Å². The van der Waals surface area contributed by atoms with Crippen LogP contribution >= 0.6 is 0 Å². The topological polar surface area (TPSA) is 62.0 Å². The first-order valence-electron chi connectivity index (χ1n) is 15.4. The molecule has 0 aromatic heterocycles. The van der Waals surface area contributed by atoms with Crippen molar-refractivity contribution in [2.45, 2.75) is 121 Å². The minimum absolute atomic E-state index is 0.138. The van der Waals surface area contributed by atoms with Gasteiger partial charge >= 0.3 is 0 Å². The number of alkyl halides is 1. The first-order valence-corrected chi connectivity index (χ1v) is 15.4. The molecule has 0 aromatic carbocycles. The van der Waals surface area contributed by atoms with Gasteiger partial charge in [-0.3, -0.25) is 9.80 Å². The quantitative estimate of drug-likeness (QED) is 0.599. The maximum Gasteiger partial charge on any atom is 0.103 e. The summed E-state index contributed by atoms with van der Waals surface area (Å²) in [6, 6.07) is 2.30. The summed E-state index contributed by atoms with van der Waals surface area (Å²) in [5.41, 5.74) is 5.71. The minimum atomic E-state index is -0.688. The van der Waals surface area contributed by atoms with Gasteiger partial charge in [0.25, 0.3) is 0 Å². The van der Waals surface area contributed by atoms with E-state index >= 15 is 4.39 Å². The molecule has 0 bridgehead atoms. The average molecular weight is 506 g/mol. The summed E-state index contributed by atoms with van der Waals surface area (Å²) >= 11 is 0. The molecule has 36 heavy (non-hydrogen) atoms. The zero-order chi connectivity index (χ0) is 25.2. The molecule has 0 radical (unpaired) electrons. The van der Waals surface area contributed by atoms with Crippen molar-refractivity contribution in [3.63, 3.8) is 0 Å². The van der Waals surface area contributed by atoms with Crippen LogP contribution in [0.4, 0.5) is 4.39 Å². The number of hydrogen-bond acceptors (Lipinski definition) is 5. The van der Waals surface area contributed by atoms with E-state index in [-0.39, 0.29) is 5.92 Å². The van der Waals surface area contributed by atoms with Gasteiger partial charge in [-0.2, -0.15) is 0 Å². The number of ether oxygens (including phenoxy) is 1. The van der Waals surface area contributed by atoms with Crippen LogP contribution in [0.15, 0.2) is 0 Å². The van der Waals surface area contributed by atoms with Crippen LogP contribution in [0.1, 0.15) is 85.0 Å². The highest BCUT2D eigenvalue weighted by molar-refractivity contribution is 5.12. The molecule has 0 aromatic rings. The fourth-order valence-corrected chi connectivity index (χ4v) is 10.0. The average Bonchev–Trinajstić information content (AvgIpc) is 3.20. The van der Waals surface area contributed by atoms with Crippen molar-refractivity contribution in [2.75, 3.05) is 32.8 Å². The van der Waals surface area contributed by atoms with Crippen molar-refractivity contribution in [3.05, 3.63) is 0 Å². The van der Waals surface area contributed by atoms with Gasteiger partial charge in [-0.1, -0.05) is 20.8 Å². The summed E-state index contributed by atoms with van der Waals surface area (Å²) in [5.74, 6) is 2.01. The molecule has 4 heterocycles. The van der Waals surface area contributed by atoms with E-state index in [2.05, 4.69) is 30.6 Å². The van der Waals surface area contributed by atoms with Crippen LogP contribution < -0.4 is 5.73 Å². The Kier molecular flexibility index (Phi) is 7.02. The van der Waals surface area contributed by atoms with Crippen molar-refractivity contribution in [2.24, 2.45) is 40.7 Å². The predicted octanol–water partition coefficient (Wildman–Crippen LogP) is 4.22. The summed E-state index contributed by atoms with van der Waals surface area (Å²) in [7, 11) is 0. The summed E-state index contributed by atoms with van der Waals surface area (Å²) < 4.78 is 21.3. The number of aliphatic hydroxyl groups is 1. The molecule has 0 spiro atoms. The van der Waals surface area contributed by atoms with Crippen LogP contribution in [0.25, 0.3) is 0 Å². The third-order valence-corrected chi connectivity index (χ3v) is 12.1.